The molecule has 1 aliphatic heterocycles. The molecule has 1 aromatic rings. The Kier molecular flexibility index (Phi) is 6.07. The van der Waals surface area contributed by atoms with Gasteiger partial charge in [0.2, 0.25) is 5.91 Å². The van der Waals surface area contributed by atoms with Crippen molar-refractivity contribution in [2.24, 2.45) is 0 Å². The minimum absolute atomic E-state index is 0.239. The summed E-state index contributed by atoms with van der Waals surface area (Å²) in [5.41, 5.74) is 7.69. The van der Waals surface area contributed by atoms with Crippen LogP contribution in [0.4, 0.5) is 5.69 Å². The predicted octanol–water partition coefficient (Wildman–Crippen LogP) is 1.76. The van der Waals surface area contributed by atoms with Crippen molar-refractivity contribution in [2.75, 3.05) is 45.1 Å². The molecule has 1 heterocycles. The highest BCUT2D eigenvalue weighted by Crippen LogP contribution is 2.23. The quantitative estimate of drug-likeness (QED) is 0.814. The van der Waals surface area contributed by atoms with Crippen molar-refractivity contribution in [1.82, 2.24) is 9.80 Å². The van der Waals surface area contributed by atoms with E-state index in [-0.39, 0.29) is 5.91 Å². The molecule has 5 nitrogen and oxygen atoms in total. The summed E-state index contributed by atoms with van der Waals surface area (Å²) in [5.74, 6) is 0.955. The molecule has 0 atom stereocenters. The Bertz CT molecular complexity index is 497. The number of hydrogen-bond acceptors (Lipinski definition) is 4. The van der Waals surface area contributed by atoms with Gasteiger partial charge in [0.1, 0.15) is 5.75 Å². The van der Waals surface area contributed by atoms with Gasteiger partial charge in [0.15, 0.2) is 0 Å². The second kappa shape index (κ2) is 8.03. The van der Waals surface area contributed by atoms with Gasteiger partial charge in [-0.15, -0.1) is 0 Å². The zero-order chi connectivity index (χ0) is 15.9. The average molecular weight is 305 g/mol. The first-order valence-corrected chi connectivity index (χ1v) is 8.15. The lowest BCUT2D eigenvalue weighted by Crippen LogP contribution is -2.48. The summed E-state index contributed by atoms with van der Waals surface area (Å²) < 4.78 is 5.43. The van der Waals surface area contributed by atoms with E-state index >= 15 is 0 Å². The van der Waals surface area contributed by atoms with E-state index in [2.05, 4.69) is 11.8 Å². The molecule has 0 unspecified atom stereocenters. The van der Waals surface area contributed by atoms with Crippen LogP contribution in [0.2, 0.25) is 0 Å². The molecule has 5 heteroatoms. The van der Waals surface area contributed by atoms with Crippen LogP contribution in [0, 0.1) is 0 Å². The van der Waals surface area contributed by atoms with Gasteiger partial charge < -0.3 is 20.3 Å². The van der Waals surface area contributed by atoms with E-state index in [1.54, 1.807) is 0 Å². The molecule has 0 saturated carbocycles. The first-order valence-electron chi connectivity index (χ1n) is 8.15. The van der Waals surface area contributed by atoms with Gasteiger partial charge in [-0.2, -0.15) is 0 Å². The second-order valence-electron chi connectivity index (χ2n) is 5.62. The van der Waals surface area contributed by atoms with Crippen LogP contribution in [-0.2, 0) is 11.2 Å². The number of rotatable bonds is 6. The molecule has 1 aliphatic rings. The Morgan fingerprint density at radius 2 is 1.95 bits per heavy atom. The number of piperazine rings is 1. The minimum Gasteiger partial charge on any atom is -0.492 e. The van der Waals surface area contributed by atoms with Crippen molar-refractivity contribution >= 4 is 11.6 Å². The predicted molar refractivity (Wildman–Crippen MR) is 89.0 cm³/mol. The first-order chi connectivity index (χ1) is 10.6. The number of nitrogen functional groups attached to an aromatic ring is 1. The summed E-state index contributed by atoms with van der Waals surface area (Å²) >= 11 is 0. The lowest BCUT2D eigenvalue weighted by atomic mass is 10.1. The van der Waals surface area contributed by atoms with Crippen LogP contribution in [-0.4, -0.2) is 55.0 Å². The van der Waals surface area contributed by atoms with Gasteiger partial charge in [0.25, 0.3) is 0 Å². The standard InChI is InChI=1S/C17H27N3O2/c1-3-19-9-11-20(12-10-19)17(21)8-6-14-5-7-16(22-4-2)15(18)13-14/h5,7,13H,3-4,6,8-12,18H2,1-2H3. The number of carbonyl (C=O) groups is 1. The van der Waals surface area contributed by atoms with E-state index in [0.717, 1.165) is 44.7 Å². The van der Waals surface area contributed by atoms with E-state index in [9.17, 15) is 4.79 Å². The Morgan fingerprint density at radius 3 is 2.55 bits per heavy atom. The fraction of sp³-hybridized carbons (Fsp3) is 0.588. The SMILES string of the molecule is CCOc1ccc(CCC(=O)N2CCN(CC)CC2)cc1N. The van der Waals surface area contributed by atoms with Crippen molar-refractivity contribution in [3.63, 3.8) is 0 Å². The van der Waals surface area contributed by atoms with Crippen LogP contribution in [0.5, 0.6) is 5.75 Å². The average Bonchev–Trinajstić information content (AvgIpc) is 2.55. The summed E-state index contributed by atoms with van der Waals surface area (Å²) in [6.45, 7) is 9.42. The van der Waals surface area contributed by atoms with Crippen molar-refractivity contribution in [3.05, 3.63) is 23.8 Å². The van der Waals surface area contributed by atoms with Crippen LogP contribution in [0.3, 0.4) is 0 Å². The smallest absolute Gasteiger partial charge is 0.222 e. The molecule has 1 aromatic carbocycles. The third-order valence-electron chi connectivity index (χ3n) is 4.17. The largest absolute Gasteiger partial charge is 0.492 e. The molecule has 0 aromatic heterocycles. The van der Waals surface area contributed by atoms with Crippen LogP contribution < -0.4 is 10.5 Å². The van der Waals surface area contributed by atoms with Crippen molar-refractivity contribution in [2.45, 2.75) is 26.7 Å². The van der Waals surface area contributed by atoms with Gasteiger partial charge in [0.05, 0.1) is 12.3 Å². The summed E-state index contributed by atoms with van der Waals surface area (Å²) in [6.07, 6.45) is 1.27. The molecule has 0 aliphatic carbocycles. The van der Waals surface area contributed by atoms with Crippen LogP contribution >= 0.6 is 0 Å². The van der Waals surface area contributed by atoms with E-state index in [4.69, 9.17) is 10.5 Å². The summed E-state index contributed by atoms with van der Waals surface area (Å²) in [6, 6.07) is 5.79. The lowest BCUT2D eigenvalue weighted by Gasteiger charge is -2.34. The number of aryl methyl sites for hydroxylation is 1. The van der Waals surface area contributed by atoms with Crippen molar-refractivity contribution in [3.8, 4) is 5.75 Å². The van der Waals surface area contributed by atoms with E-state index in [0.29, 0.717) is 24.5 Å². The normalized spacial score (nSPS) is 15.8. The van der Waals surface area contributed by atoms with Crippen LogP contribution in [0.15, 0.2) is 18.2 Å². The van der Waals surface area contributed by atoms with E-state index in [1.165, 1.54) is 0 Å². The Balaban J connectivity index is 1.82. The number of nitrogens with two attached hydrogens (primary N) is 1. The number of benzene rings is 1. The summed E-state index contributed by atoms with van der Waals surface area (Å²) in [7, 11) is 0. The fourth-order valence-corrected chi connectivity index (χ4v) is 2.76. The van der Waals surface area contributed by atoms with Gasteiger partial charge in [-0.05, 0) is 37.6 Å². The van der Waals surface area contributed by atoms with E-state index < -0.39 is 0 Å². The highest BCUT2D eigenvalue weighted by atomic mass is 16.5. The second-order valence-corrected chi connectivity index (χ2v) is 5.62. The molecular formula is C17H27N3O2. The first kappa shape index (κ1) is 16.6. The zero-order valence-electron chi connectivity index (χ0n) is 13.7. The zero-order valence-corrected chi connectivity index (χ0v) is 13.7. The fourth-order valence-electron chi connectivity index (χ4n) is 2.76. The number of nitrogens with zero attached hydrogens (tertiary/aromatic N) is 2. The van der Waals surface area contributed by atoms with Gasteiger partial charge >= 0.3 is 0 Å². The maximum absolute atomic E-state index is 12.3. The third-order valence-corrected chi connectivity index (χ3v) is 4.17. The number of anilines is 1. The Hall–Kier alpha value is -1.75. The molecule has 122 valence electrons. The molecular weight excluding hydrogens is 278 g/mol. The van der Waals surface area contributed by atoms with Crippen LogP contribution in [0.1, 0.15) is 25.8 Å². The highest BCUT2D eigenvalue weighted by Gasteiger charge is 2.19. The maximum Gasteiger partial charge on any atom is 0.222 e. The maximum atomic E-state index is 12.3. The molecule has 0 spiro atoms. The number of ether oxygens (including phenoxy) is 1. The number of likely N-dealkylation sites (N-methyl/N-ethyl adjacent to an activating group) is 1. The van der Waals surface area contributed by atoms with Crippen molar-refractivity contribution in [1.29, 1.82) is 0 Å². The molecule has 0 radical (unpaired) electrons. The summed E-state index contributed by atoms with van der Waals surface area (Å²) in [4.78, 5) is 16.6. The molecule has 1 fully saturated rings. The molecule has 1 amide bonds. The number of hydrogen-bond donors (Lipinski definition) is 1. The number of amides is 1. The lowest BCUT2D eigenvalue weighted by molar-refractivity contribution is -0.132. The molecule has 2 rings (SSSR count). The van der Waals surface area contributed by atoms with E-state index in [1.807, 2.05) is 30.0 Å². The van der Waals surface area contributed by atoms with Crippen molar-refractivity contribution < 1.29 is 9.53 Å². The molecule has 1 saturated heterocycles. The monoisotopic (exact) mass is 305 g/mol. The number of carbonyl (C=O) groups excluding carboxylic acids is 1. The van der Waals surface area contributed by atoms with Gasteiger partial charge in [-0.1, -0.05) is 13.0 Å². The Labute approximate surface area is 133 Å². The Morgan fingerprint density at radius 1 is 1.23 bits per heavy atom. The molecule has 0 bridgehead atoms. The summed E-state index contributed by atoms with van der Waals surface area (Å²) in [5, 5.41) is 0. The highest BCUT2D eigenvalue weighted by molar-refractivity contribution is 5.76. The molecule has 22 heavy (non-hydrogen) atoms. The van der Waals surface area contributed by atoms with Gasteiger partial charge in [-0.3, -0.25) is 4.79 Å². The topological polar surface area (TPSA) is 58.8 Å². The van der Waals surface area contributed by atoms with Crippen LogP contribution in [0.25, 0.3) is 0 Å². The third kappa shape index (κ3) is 4.37. The van der Waals surface area contributed by atoms with Gasteiger partial charge in [-0.25, -0.2) is 0 Å². The van der Waals surface area contributed by atoms with Gasteiger partial charge in [0, 0.05) is 32.6 Å². The molecule has 2 N–H and O–H groups in total. The minimum atomic E-state index is 0.239.